The lowest BCUT2D eigenvalue weighted by Gasteiger charge is -2.07. The molecular weight excluding hydrogens is 110 g/mol. The van der Waals surface area contributed by atoms with Crippen LogP contribution in [0.25, 0.3) is 0 Å². The Hall–Kier alpha value is 0.255. The summed E-state index contributed by atoms with van der Waals surface area (Å²) in [6, 6.07) is 0. The van der Waals surface area contributed by atoms with E-state index in [-0.39, 0.29) is 5.66 Å². The summed E-state index contributed by atoms with van der Waals surface area (Å²) in [6.07, 6.45) is 0. The van der Waals surface area contributed by atoms with Gasteiger partial charge in [-0.05, 0) is 0 Å². The van der Waals surface area contributed by atoms with Crippen molar-refractivity contribution in [1.29, 1.82) is 0 Å². The van der Waals surface area contributed by atoms with Crippen molar-refractivity contribution >= 4 is 14.8 Å². The van der Waals surface area contributed by atoms with E-state index in [1.165, 1.54) is 0 Å². The molecule has 0 amide bonds. The second-order valence-electron chi connectivity index (χ2n) is 1.77. The SMILES string of the molecule is [B]P(=O)(O)C(C)C. The average molecular weight is 118 g/mol. The van der Waals surface area contributed by atoms with Crippen molar-refractivity contribution in [3.8, 4) is 0 Å². The molecule has 1 atom stereocenters. The fraction of sp³-hybridized carbons (Fsp3) is 1.00. The molecule has 40 valence electrons. The van der Waals surface area contributed by atoms with Crippen LogP contribution < -0.4 is 0 Å². The van der Waals surface area contributed by atoms with E-state index in [9.17, 15) is 4.57 Å². The van der Waals surface area contributed by atoms with Crippen molar-refractivity contribution in [2.45, 2.75) is 19.5 Å². The Labute approximate surface area is 44.7 Å². The summed E-state index contributed by atoms with van der Waals surface area (Å²) in [5, 5.41) is 0. The van der Waals surface area contributed by atoms with E-state index < -0.39 is 7.25 Å². The second kappa shape index (κ2) is 2.02. The van der Waals surface area contributed by atoms with Gasteiger partial charge in [0.1, 0.15) is 7.25 Å². The standard InChI is InChI=1S/C3H8BO2P/c1-3(2)7(4,5)6/h3H,1-2H3,(H,5,6). The fourth-order valence-corrected chi connectivity index (χ4v) is 0. The summed E-state index contributed by atoms with van der Waals surface area (Å²) in [6.45, 7) is 3.22. The topological polar surface area (TPSA) is 37.3 Å². The quantitative estimate of drug-likeness (QED) is 0.407. The van der Waals surface area contributed by atoms with Crippen LogP contribution in [0.2, 0.25) is 0 Å². The normalized spacial score (nSPS) is 19.4. The van der Waals surface area contributed by atoms with Gasteiger partial charge in [-0.1, -0.05) is 13.8 Å². The van der Waals surface area contributed by atoms with Gasteiger partial charge in [-0.2, -0.15) is 0 Å². The first-order chi connectivity index (χ1) is 2.94. The zero-order chi connectivity index (χ0) is 6.08. The van der Waals surface area contributed by atoms with E-state index in [0.29, 0.717) is 0 Å². The molecule has 1 unspecified atom stereocenters. The molecule has 1 N–H and O–H groups in total. The lowest BCUT2D eigenvalue weighted by molar-refractivity contribution is 0.487. The van der Waals surface area contributed by atoms with Crippen LogP contribution in [0, 0.1) is 0 Å². The maximum atomic E-state index is 10.2. The third kappa shape index (κ3) is 2.89. The molecule has 0 aliphatic carbocycles. The van der Waals surface area contributed by atoms with Crippen LogP contribution >= 0.6 is 7.25 Å². The van der Waals surface area contributed by atoms with Gasteiger partial charge in [-0.25, -0.2) is 0 Å². The van der Waals surface area contributed by atoms with Crippen LogP contribution in [0.15, 0.2) is 0 Å². The molecule has 2 nitrogen and oxygen atoms in total. The molecule has 0 saturated carbocycles. The van der Waals surface area contributed by atoms with Crippen LogP contribution in [0.1, 0.15) is 13.8 Å². The Kier molecular flexibility index (Phi) is 2.09. The molecule has 2 radical (unpaired) electrons. The second-order valence-corrected chi connectivity index (χ2v) is 4.14. The van der Waals surface area contributed by atoms with Gasteiger partial charge in [-0.15, -0.1) is 0 Å². The van der Waals surface area contributed by atoms with Gasteiger partial charge in [0.15, 0.2) is 0 Å². The first-order valence-corrected chi connectivity index (χ1v) is 3.85. The molecule has 0 aromatic carbocycles. The van der Waals surface area contributed by atoms with E-state index in [1.54, 1.807) is 13.8 Å². The molecule has 0 saturated heterocycles. The molecule has 0 aliphatic rings. The highest BCUT2D eigenvalue weighted by Crippen LogP contribution is 2.39. The van der Waals surface area contributed by atoms with E-state index >= 15 is 0 Å². The predicted molar refractivity (Wildman–Crippen MR) is 30.7 cm³/mol. The molecule has 0 aromatic rings. The largest absolute Gasteiger partial charge is 0.352 e. The van der Waals surface area contributed by atoms with Gasteiger partial charge in [0.2, 0.25) is 7.57 Å². The van der Waals surface area contributed by atoms with Crippen LogP contribution in [-0.4, -0.2) is 18.1 Å². The number of hydrogen-bond donors (Lipinski definition) is 1. The maximum Gasteiger partial charge on any atom is 0.202 e. The molecule has 0 spiro atoms. The lowest BCUT2D eigenvalue weighted by atomic mass is 10.6. The average Bonchev–Trinajstić information content (AvgIpc) is 1.31. The van der Waals surface area contributed by atoms with Crippen molar-refractivity contribution in [2.75, 3.05) is 0 Å². The highest BCUT2D eigenvalue weighted by molar-refractivity contribution is 7.83. The summed E-state index contributed by atoms with van der Waals surface area (Å²) >= 11 is 0. The minimum absolute atomic E-state index is 0.313. The van der Waals surface area contributed by atoms with Gasteiger partial charge in [-0.3, -0.25) is 0 Å². The van der Waals surface area contributed by atoms with Gasteiger partial charge in [0, 0.05) is 5.66 Å². The molecule has 0 heterocycles. The van der Waals surface area contributed by atoms with Gasteiger partial charge >= 0.3 is 0 Å². The Morgan fingerprint density at radius 1 is 1.71 bits per heavy atom. The van der Waals surface area contributed by atoms with Crippen molar-refractivity contribution in [2.24, 2.45) is 0 Å². The zero-order valence-corrected chi connectivity index (χ0v) is 5.35. The van der Waals surface area contributed by atoms with Gasteiger partial charge in [0.25, 0.3) is 0 Å². The molecule has 0 bridgehead atoms. The summed E-state index contributed by atoms with van der Waals surface area (Å²) < 4.78 is 10.2. The summed E-state index contributed by atoms with van der Waals surface area (Å²) in [4.78, 5) is 8.43. The first kappa shape index (κ1) is 7.25. The van der Waals surface area contributed by atoms with Crippen molar-refractivity contribution in [3.63, 3.8) is 0 Å². The lowest BCUT2D eigenvalue weighted by Crippen LogP contribution is -1.94. The minimum Gasteiger partial charge on any atom is -0.352 e. The highest BCUT2D eigenvalue weighted by Gasteiger charge is 2.12. The molecule has 0 aromatic heterocycles. The third-order valence-electron chi connectivity index (χ3n) is 0.740. The molecule has 7 heavy (non-hydrogen) atoms. The number of rotatable bonds is 1. The van der Waals surface area contributed by atoms with E-state index in [1.807, 2.05) is 0 Å². The fourth-order valence-electron chi connectivity index (χ4n) is 0. The Morgan fingerprint density at radius 3 is 1.86 bits per heavy atom. The zero-order valence-electron chi connectivity index (χ0n) is 4.46. The van der Waals surface area contributed by atoms with Crippen molar-refractivity contribution in [1.82, 2.24) is 0 Å². The maximum absolute atomic E-state index is 10.2. The molecule has 4 heteroatoms. The Bertz CT molecular complexity index is 95.1. The molecule has 0 aliphatic heterocycles. The highest BCUT2D eigenvalue weighted by atomic mass is 31.2. The molecule has 0 rings (SSSR count). The summed E-state index contributed by atoms with van der Waals surface area (Å²) in [5.74, 6) is 0. The summed E-state index contributed by atoms with van der Waals surface area (Å²) in [7, 11) is 1.55. The van der Waals surface area contributed by atoms with Crippen molar-refractivity contribution < 1.29 is 9.46 Å². The number of hydrogen-bond acceptors (Lipinski definition) is 1. The first-order valence-electron chi connectivity index (χ1n) is 2.05. The monoisotopic (exact) mass is 118 g/mol. The van der Waals surface area contributed by atoms with Crippen LogP contribution in [0.3, 0.4) is 0 Å². The van der Waals surface area contributed by atoms with E-state index in [4.69, 9.17) is 12.5 Å². The Morgan fingerprint density at radius 2 is 1.86 bits per heavy atom. The van der Waals surface area contributed by atoms with E-state index in [2.05, 4.69) is 0 Å². The van der Waals surface area contributed by atoms with Crippen LogP contribution in [-0.2, 0) is 4.57 Å². The Balaban J connectivity index is 3.80. The van der Waals surface area contributed by atoms with Gasteiger partial charge < -0.3 is 9.46 Å². The smallest absolute Gasteiger partial charge is 0.202 e. The molecule has 0 fully saturated rings. The predicted octanol–water partition coefficient (Wildman–Crippen LogP) is 0.749. The summed E-state index contributed by atoms with van der Waals surface area (Å²) in [5.41, 5.74) is -0.313. The van der Waals surface area contributed by atoms with Crippen LogP contribution in [0.4, 0.5) is 0 Å². The minimum atomic E-state index is -3.24. The molecular formula is C3H8BO2P. The van der Waals surface area contributed by atoms with Gasteiger partial charge in [0.05, 0.1) is 0 Å². The third-order valence-corrected chi connectivity index (χ3v) is 2.22. The van der Waals surface area contributed by atoms with Crippen LogP contribution in [0.5, 0.6) is 0 Å². The van der Waals surface area contributed by atoms with Crippen molar-refractivity contribution in [3.05, 3.63) is 0 Å². The van der Waals surface area contributed by atoms with E-state index in [0.717, 1.165) is 0 Å².